The van der Waals surface area contributed by atoms with Crippen molar-refractivity contribution in [2.24, 2.45) is 0 Å². The highest BCUT2D eigenvalue weighted by molar-refractivity contribution is 7.89. The molecule has 0 spiro atoms. The number of thiophene rings is 1. The SMILES string of the molecule is CNCc1sccc1S(=O)(=O)N1CCCCCC1C. The van der Waals surface area contributed by atoms with Gasteiger partial charge in [-0.25, -0.2) is 8.42 Å². The van der Waals surface area contributed by atoms with Crippen LogP contribution in [0.4, 0.5) is 0 Å². The third-order valence-electron chi connectivity index (χ3n) is 3.62. The van der Waals surface area contributed by atoms with Gasteiger partial charge in [0.2, 0.25) is 10.0 Å². The zero-order chi connectivity index (χ0) is 13.9. The van der Waals surface area contributed by atoms with Crippen LogP contribution in [0.5, 0.6) is 0 Å². The topological polar surface area (TPSA) is 49.4 Å². The van der Waals surface area contributed by atoms with E-state index < -0.39 is 10.0 Å². The molecule has 19 heavy (non-hydrogen) atoms. The van der Waals surface area contributed by atoms with Crippen molar-refractivity contribution >= 4 is 21.4 Å². The first-order chi connectivity index (χ1) is 9.07. The van der Waals surface area contributed by atoms with Crippen molar-refractivity contribution in [3.05, 3.63) is 16.3 Å². The maximum atomic E-state index is 12.8. The second-order valence-corrected chi connectivity index (χ2v) is 7.91. The molecule has 0 amide bonds. The van der Waals surface area contributed by atoms with Crippen molar-refractivity contribution in [2.45, 2.75) is 50.1 Å². The van der Waals surface area contributed by atoms with Gasteiger partial charge in [0.05, 0.1) is 4.90 Å². The molecular formula is C13H22N2O2S2. The molecule has 1 aliphatic rings. The van der Waals surface area contributed by atoms with E-state index in [-0.39, 0.29) is 6.04 Å². The summed E-state index contributed by atoms with van der Waals surface area (Å²) in [6.45, 7) is 3.28. The molecule has 2 rings (SSSR count). The number of hydrogen-bond donors (Lipinski definition) is 1. The molecule has 1 atom stereocenters. The molecular weight excluding hydrogens is 280 g/mol. The summed E-state index contributed by atoms with van der Waals surface area (Å²) in [6.07, 6.45) is 4.18. The van der Waals surface area contributed by atoms with E-state index in [0.717, 1.165) is 30.6 Å². The van der Waals surface area contributed by atoms with Gasteiger partial charge in [-0.05, 0) is 38.3 Å². The summed E-state index contributed by atoms with van der Waals surface area (Å²) in [5.74, 6) is 0. The van der Waals surface area contributed by atoms with Gasteiger partial charge in [-0.15, -0.1) is 11.3 Å². The van der Waals surface area contributed by atoms with Crippen LogP contribution in [0.25, 0.3) is 0 Å². The van der Waals surface area contributed by atoms with Gasteiger partial charge >= 0.3 is 0 Å². The van der Waals surface area contributed by atoms with Gasteiger partial charge in [0.1, 0.15) is 0 Å². The highest BCUT2D eigenvalue weighted by Crippen LogP contribution is 2.29. The minimum Gasteiger partial charge on any atom is -0.315 e. The average Bonchev–Trinajstić information content (AvgIpc) is 2.72. The maximum absolute atomic E-state index is 12.8. The molecule has 1 saturated heterocycles. The standard InChI is InChI=1S/C13H22N2O2S2/c1-11-6-4-3-5-8-15(11)19(16,17)13-7-9-18-12(13)10-14-2/h7,9,11,14H,3-6,8,10H2,1-2H3. The van der Waals surface area contributed by atoms with Crippen LogP contribution in [0.2, 0.25) is 0 Å². The first-order valence-corrected chi connectivity index (χ1v) is 9.12. The minimum absolute atomic E-state index is 0.106. The van der Waals surface area contributed by atoms with Crippen molar-refractivity contribution in [1.82, 2.24) is 9.62 Å². The predicted molar refractivity (Wildman–Crippen MR) is 78.9 cm³/mol. The fourth-order valence-electron chi connectivity index (χ4n) is 2.58. The number of sulfonamides is 1. The Morgan fingerprint density at radius 3 is 2.95 bits per heavy atom. The number of nitrogens with zero attached hydrogens (tertiary/aromatic N) is 1. The van der Waals surface area contributed by atoms with Crippen LogP contribution in [0.1, 0.15) is 37.5 Å². The fraction of sp³-hybridized carbons (Fsp3) is 0.692. The van der Waals surface area contributed by atoms with Gasteiger partial charge in [0.15, 0.2) is 0 Å². The Labute approximate surface area is 119 Å². The monoisotopic (exact) mass is 302 g/mol. The molecule has 1 fully saturated rings. The lowest BCUT2D eigenvalue weighted by atomic mass is 10.1. The van der Waals surface area contributed by atoms with Crippen molar-refractivity contribution in [1.29, 1.82) is 0 Å². The van der Waals surface area contributed by atoms with Gasteiger partial charge in [-0.3, -0.25) is 0 Å². The minimum atomic E-state index is -3.34. The quantitative estimate of drug-likeness (QED) is 0.929. The summed E-state index contributed by atoms with van der Waals surface area (Å²) < 4.78 is 27.3. The molecule has 0 saturated carbocycles. The number of hydrogen-bond acceptors (Lipinski definition) is 4. The Morgan fingerprint density at radius 1 is 1.42 bits per heavy atom. The van der Waals surface area contributed by atoms with E-state index in [0.29, 0.717) is 18.0 Å². The molecule has 0 aromatic carbocycles. The zero-order valence-electron chi connectivity index (χ0n) is 11.6. The van der Waals surface area contributed by atoms with Crippen LogP contribution in [0, 0.1) is 0 Å². The highest BCUT2D eigenvalue weighted by Gasteiger charge is 2.31. The van der Waals surface area contributed by atoms with Crippen molar-refractivity contribution in [3.63, 3.8) is 0 Å². The summed E-state index contributed by atoms with van der Waals surface area (Å²) in [7, 11) is -1.50. The molecule has 1 aliphatic heterocycles. The Bertz CT molecular complexity index is 510. The largest absolute Gasteiger partial charge is 0.315 e. The predicted octanol–water partition coefficient (Wildman–Crippen LogP) is 2.42. The first kappa shape index (κ1) is 15.0. The Kier molecular flexibility index (Phi) is 5.00. The molecule has 1 aromatic rings. The Balaban J connectivity index is 2.32. The summed E-state index contributed by atoms with van der Waals surface area (Å²) >= 11 is 1.50. The lowest BCUT2D eigenvalue weighted by Gasteiger charge is -2.26. The fourth-order valence-corrected chi connectivity index (χ4v) is 5.71. The Morgan fingerprint density at radius 2 is 2.21 bits per heavy atom. The summed E-state index contributed by atoms with van der Waals surface area (Å²) in [4.78, 5) is 1.39. The first-order valence-electron chi connectivity index (χ1n) is 6.80. The van der Waals surface area contributed by atoms with Crippen LogP contribution >= 0.6 is 11.3 Å². The van der Waals surface area contributed by atoms with Crippen molar-refractivity contribution < 1.29 is 8.42 Å². The smallest absolute Gasteiger partial charge is 0.244 e. The molecule has 4 nitrogen and oxygen atoms in total. The second-order valence-electron chi connectivity index (χ2n) is 5.05. The van der Waals surface area contributed by atoms with Gasteiger partial charge in [-0.1, -0.05) is 12.8 Å². The molecule has 108 valence electrons. The van der Waals surface area contributed by atoms with Gasteiger partial charge < -0.3 is 5.32 Å². The molecule has 1 aromatic heterocycles. The molecule has 2 heterocycles. The number of rotatable bonds is 4. The Hall–Kier alpha value is -0.430. The molecule has 1 unspecified atom stereocenters. The highest BCUT2D eigenvalue weighted by atomic mass is 32.2. The van der Waals surface area contributed by atoms with E-state index in [1.54, 1.807) is 10.4 Å². The van der Waals surface area contributed by atoms with E-state index in [1.165, 1.54) is 11.3 Å². The maximum Gasteiger partial charge on any atom is 0.244 e. The van der Waals surface area contributed by atoms with E-state index in [2.05, 4.69) is 5.32 Å². The third-order valence-corrected chi connectivity index (χ3v) is 6.77. The molecule has 0 radical (unpaired) electrons. The average molecular weight is 302 g/mol. The van der Waals surface area contributed by atoms with Crippen LogP contribution < -0.4 is 5.32 Å². The van der Waals surface area contributed by atoms with Crippen molar-refractivity contribution in [2.75, 3.05) is 13.6 Å². The van der Waals surface area contributed by atoms with Gasteiger partial charge in [0, 0.05) is 24.0 Å². The molecule has 6 heteroatoms. The summed E-state index contributed by atoms with van der Waals surface area (Å²) in [5, 5.41) is 4.90. The van der Waals surface area contributed by atoms with E-state index in [4.69, 9.17) is 0 Å². The third kappa shape index (κ3) is 3.18. The van der Waals surface area contributed by atoms with Gasteiger partial charge in [-0.2, -0.15) is 4.31 Å². The molecule has 0 aliphatic carbocycles. The normalized spacial score (nSPS) is 22.3. The summed E-state index contributed by atoms with van der Waals surface area (Å²) in [5.41, 5.74) is 0. The van der Waals surface area contributed by atoms with Crippen LogP contribution in [0.15, 0.2) is 16.3 Å². The lowest BCUT2D eigenvalue weighted by molar-refractivity contribution is 0.342. The van der Waals surface area contributed by atoms with Crippen LogP contribution in [-0.4, -0.2) is 32.4 Å². The zero-order valence-corrected chi connectivity index (χ0v) is 13.2. The lowest BCUT2D eigenvalue weighted by Crippen LogP contribution is -2.38. The summed E-state index contributed by atoms with van der Waals surface area (Å²) in [6, 6.07) is 1.85. The molecule has 1 N–H and O–H groups in total. The van der Waals surface area contributed by atoms with Crippen LogP contribution in [-0.2, 0) is 16.6 Å². The number of nitrogens with one attached hydrogen (secondary N) is 1. The van der Waals surface area contributed by atoms with Crippen molar-refractivity contribution in [3.8, 4) is 0 Å². The second kappa shape index (κ2) is 6.35. The van der Waals surface area contributed by atoms with Crippen LogP contribution in [0.3, 0.4) is 0 Å². The van der Waals surface area contributed by atoms with E-state index in [1.807, 2.05) is 19.4 Å². The molecule has 0 bridgehead atoms. The van der Waals surface area contributed by atoms with Gasteiger partial charge in [0.25, 0.3) is 0 Å². The van der Waals surface area contributed by atoms with E-state index in [9.17, 15) is 8.42 Å². The van der Waals surface area contributed by atoms with E-state index >= 15 is 0 Å².